The van der Waals surface area contributed by atoms with Crippen LogP contribution >= 0.6 is 11.9 Å². The Bertz CT molecular complexity index is 961. The molecule has 0 bridgehead atoms. The number of nitrogens with one attached hydrogen (secondary N) is 2. The summed E-state index contributed by atoms with van der Waals surface area (Å²) < 4.78 is 7.90. The van der Waals surface area contributed by atoms with Gasteiger partial charge in [0, 0.05) is 35.7 Å². The lowest BCUT2D eigenvalue weighted by atomic mass is 10.0. The molecule has 31 heavy (non-hydrogen) atoms. The van der Waals surface area contributed by atoms with Gasteiger partial charge in [0.1, 0.15) is 11.4 Å². The van der Waals surface area contributed by atoms with E-state index in [0.717, 1.165) is 48.5 Å². The van der Waals surface area contributed by atoms with Crippen molar-refractivity contribution >= 4 is 29.3 Å². The molecule has 0 saturated carbocycles. The molecule has 0 atom stereocenters. The van der Waals surface area contributed by atoms with Crippen LogP contribution in [0.25, 0.3) is 0 Å². The first-order valence-corrected chi connectivity index (χ1v) is 12.0. The maximum absolute atomic E-state index is 13.2. The highest BCUT2D eigenvalue weighted by molar-refractivity contribution is 7.97. The van der Waals surface area contributed by atoms with Crippen LogP contribution in [0.4, 0.5) is 5.69 Å². The lowest BCUT2D eigenvalue weighted by molar-refractivity contribution is 0.0981. The minimum Gasteiger partial charge on any atom is -0.495 e. The van der Waals surface area contributed by atoms with Gasteiger partial charge in [0.05, 0.1) is 12.8 Å². The fraction of sp³-hybridized carbons (Fsp3) is 0.500. The number of ketones is 1. The number of carbonyl (C=O) groups is 2. The molecule has 4 rings (SSSR count). The van der Waals surface area contributed by atoms with Gasteiger partial charge in [0.15, 0.2) is 5.78 Å². The van der Waals surface area contributed by atoms with E-state index in [2.05, 4.69) is 14.6 Å². The monoisotopic (exact) mass is 441 g/mol. The maximum Gasteiger partial charge on any atom is 0.272 e. The minimum absolute atomic E-state index is 0.133. The van der Waals surface area contributed by atoms with E-state index in [0.29, 0.717) is 29.1 Å². The van der Waals surface area contributed by atoms with Gasteiger partial charge in [-0.15, -0.1) is 0 Å². The summed E-state index contributed by atoms with van der Waals surface area (Å²) in [5, 5.41) is 3.03. The second kappa shape index (κ2) is 9.92. The lowest BCUT2D eigenvalue weighted by Crippen LogP contribution is -2.17. The number of H-pyrrole nitrogens is 1. The van der Waals surface area contributed by atoms with Crippen molar-refractivity contribution in [2.75, 3.05) is 25.5 Å². The molecule has 1 amide bonds. The Morgan fingerprint density at radius 1 is 1.10 bits per heavy atom. The first-order chi connectivity index (χ1) is 15.1. The predicted molar refractivity (Wildman–Crippen MR) is 124 cm³/mol. The van der Waals surface area contributed by atoms with Crippen LogP contribution in [0.5, 0.6) is 5.75 Å². The number of benzene rings is 1. The Balaban J connectivity index is 1.56. The average Bonchev–Trinajstić information content (AvgIpc) is 2.92. The number of Topliss-reactive ketones (excluding diaryl/α,β-unsaturated/α-hetero) is 1. The molecule has 0 unspecified atom stereocenters. The number of ether oxygens (including phenoxy) is 1. The molecular formula is C24H31N3O3S. The number of hydrogen-bond donors (Lipinski definition) is 2. The van der Waals surface area contributed by atoms with E-state index >= 15 is 0 Å². The zero-order valence-electron chi connectivity index (χ0n) is 18.4. The van der Waals surface area contributed by atoms with Crippen LogP contribution in [0.1, 0.15) is 77.0 Å². The van der Waals surface area contributed by atoms with Crippen LogP contribution in [0.2, 0.25) is 0 Å². The normalized spacial score (nSPS) is 17.5. The summed E-state index contributed by atoms with van der Waals surface area (Å²) in [6.07, 6.45) is 8.13. The van der Waals surface area contributed by atoms with Crippen molar-refractivity contribution in [1.29, 1.82) is 0 Å². The number of rotatable bonds is 5. The molecule has 1 aliphatic heterocycles. The van der Waals surface area contributed by atoms with Crippen LogP contribution in [0.3, 0.4) is 0 Å². The molecule has 1 fully saturated rings. The first kappa shape index (κ1) is 22.0. The van der Waals surface area contributed by atoms with Crippen molar-refractivity contribution in [3.8, 4) is 5.75 Å². The van der Waals surface area contributed by atoms with Crippen LogP contribution in [0, 0.1) is 6.92 Å². The third-order valence-corrected chi connectivity index (χ3v) is 7.18. The fourth-order valence-electron chi connectivity index (χ4n) is 4.52. The Kier molecular flexibility index (Phi) is 7.02. The highest BCUT2D eigenvalue weighted by Crippen LogP contribution is 2.34. The second-order valence-corrected chi connectivity index (χ2v) is 9.53. The summed E-state index contributed by atoms with van der Waals surface area (Å²) in [5.74, 6) is 0.530. The van der Waals surface area contributed by atoms with Gasteiger partial charge in [-0.3, -0.25) is 9.59 Å². The number of aromatic amines is 1. The molecule has 1 aromatic heterocycles. The molecule has 166 valence electrons. The van der Waals surface area contributed by atoms with E-state index in [-0.39, 0.29) is 11.7 Å². The number of carbonyl (C=O) groups excluding carboxylic acids is 2. The summed E-state index contributed by atoms with van der Waals surface area (Å²) >= 11 is 1.74. The largest absolute Gasteiger partial charge is 0.495 e. The summed E-state index contributed by atoms with van der Waals surface area (Å²) in [6, 6.07) is 5.92. The van der Waals surface area contributed by atoms with E-state index in [9.17, 15) is 9.59 Å². The lowest BCUT2D eigenvalue weighted by Gasteiger charge is -2.19. The highest BCUT2D eigenvalue weighted by atomic mass is 32.2. The van der Waals surface area contributed by atoms with Gasteiger partial charge < -0.3 is 15.0 Å². The van der Waals surface area contributed by atoms with Gasteiger partial charge >= 0.3 is 0 Å². The van der Waals surface area contributed by atoms with E-state index < -0.39 is 0 Å². The quantitative estimate of drug-likeness (QED) is 0.482. The third kappa shape index (κ3) is 4.99. The van der Waals surface area contributed by atoms with Crippen molar-refractivity contribution in [1.82, 2.24) is 9.29 Å². The minimum atomic E-state index is -0.228. The highest BCUT2D eigenvalue weighted by Gasteiger charge is 2.26. The fourth-order valence-corrected chi connectivity index (χ4v) is 5.56. The van der Waals surface area contributed by atoms with Gasteiger partial charge in [-0.05, 0) is 74.7 Å². The van der Waals surface area contributed by atoms with E-state index in [1.807, 2.05) is 25.1 Å². The molecular weight excluding hydrogens is 410 g/mol. The molecule has 1 aliphatic carbocycles. The van der Waals surface area contributed by atoms with Crippen molar-refractivity contribution in [3.63, 3.8) is 0 Å². The van der Waals surface area contributed by atoms with Gasteiger partial charge in [0.2, 0.25) is 0 Å². The van der Waals surface area contributed by atoms with Crippen LogP contribution in [-0.2, 0) is 6.42 Å². The first-order valence-electron chi connectivity index (χ1n) is 11.2. The van der Waals surface area contributed by atoms with E-state index in [1.54, 1.807) is 19.1 Å². The van der Waals surface area contributed by atoms with Crippen LogP contribution in [0.15, 0.2) is 23.1 Å². The molecule has 1 saturated heterocycles. The predicted octanol–water partition coefficient (Wildman–Crippen LogP) is 5.38. The Labute approximate surface area is 188 Å². The standard InChI is InChI=1S/C24H31N3O3S/c1-16-22-18(9-5-6-10-20(22)28)23(25-16)24(29)26-19-15-17(11-12-21(19)30-2)31-27-13-7-3-4-8-14-27/h11-12,15,25H,3-10,13-14H2,1-2H3,(H,26,29). The molecule has 2 heterocycles. The van der Waals surface area contributed by atoms with Crippen molar-refractivity contribution in [2.24, 2.45) is 0 Å². The third-order valence-electron chi connectivity index (χ3n) is 6.10. The Morgan fingerprint density at radius 3 is 2.58 bits per heavy atom. The smallest absolute Gasteiger partial charge is 0.272 e. The zero-order valence-corrected chi connectivity index (χ0v) is 19.2. The molecule has 2 N–H and O–H groups in total. The Hall–Kier alpha value is -2.25. The molecule has 2 aliphatic rings. The number of hydrogen-bond acceptors (Lipinski definition) is 5. The number of aromatic nitrogens is 1. The summed E-state index contributed by atoms with van der Waals surface area (Å²) in [4.78, 5) is 30.0. The van der Waals surface area contributed by atoms with Gasteiger partial charge in [-0.2, -0.15) is 0 Å². The summed E-state index contributed by atoms with van der Waals surface area (Å²) in [5.41, 5.74) is 3.49. The number of aryl methyl sites for hydroxylation is 1. The van der Waals surface area contributed by atoms with Crippen LogP contribution in [-0.4, -0.2) is 41.2 Å². The zero-order chi connectivity index (χ0) is 21.8. The van der Waals surface area contributed by atoms with E-state index in [4.69, 9.17) is 4.74 Å². The number of fused-ring (bicyclic) bond motifs is 1. The van der Waals surface area contributed by atoms with E-state index in [1.165, 1.54) is 25.7 Å². The number of nitrogens with zero attached hydrogens (tertiary/aromatic N) is 1. The molecule has 0 radical (unpaired) electrons. The molecule has 7 heteroatoms. The maximum atomic E-state index is 13.2. The molecule has 2 aromatic rings. The number of methoxy groups -OCH3 is 1. The molecule has 0 spiro atoms. The number of amides is 1. The number of anilines is 1. The molecule has 1 aromatic carbocycles. The topological polar surface area (TPSA) is 74.4 Å². The van der Waals surface area contributed by atoms with Crippen molar-refractivity contribution < 1.29 is 14.3 Å². The van der Waals surface area contributed by atoms with Crippen LogP contribution < -0.4 is 10.1 Å². The summed E-state index contributed by atoms with van der Waals surface area (Å²) in [7, 11) is 1.61. The van der Waals surface area contributed by atoms with Crippen molar-refractivity contribution in [2.45, 2.75) is 63.2 Å². The Morgan fingerprint density at radius 2 is 1.84 bits per heavy atom. The summed E-state index contributed by atoms with van der Waals surface area (Å²) in [6.45, 7) is 4.04. The average molecular weight is 442 g/mol. The van der Waals surface area contributed by atoms with Gasteiger partial charge in [0.25, 0.3) is 5.91 Å². The van der Waals surface area contributed by atoms with Gasteiger partial charge in [-0.25, -0.2) is 4.31 Å². The molecule has 6 nitrogen and oxygen atoms in total. The second-order valence-electron chi connectivity index (χ2n) is 8.36. The van der Waals surface area contributed by atoms with Crippen molar-refractivity contribution in [3.05, 3.63) is 40.7 Å². The SMILES string of the molecule is COc1ccc(SN2CCCCCC2)cc1NC(=O)c1[nH]c(C)c2c1CCCCC2=O. The van der Waals surface area contributed by atoms with Gasteiger partial charge in [-0.1, -0.05) is 12.8 Å².